The number of hydrogen-bond donors (Lipinski definition) is 1. The average molecular weight is 333 g/mol. The van der Waals surface area contributed by atoms with Gasteiger partial charge in [-0.3, -0.25) is 14.4 Å². The first-order chi connectivity index (χ1) is 11.4. The fourth-order valence-corrected chi connectivity index (χ4v) is 3.27. The molecule has 2 heterocycles. The summed E-state index contributed by atoms with van der Waals surface area (Å²) in [6.07, 6.45) is 1.22. The molecule has 1 aromatic rings. The first kappa shape index (κ1) is 16.4. The summed E-state index contributed by atoms with van der Waals surface area (Å²) in [5.74, 6) is -1.28. The van der Waals surface area contributed by atoms with Gasteiger partial charge >= 0.3 is 0 Å². The number of hydrogen-bond acceptors (Lipinski definition) is 3. The van der Waals surface area contributed by atoms with E-state index in [4.69, 9.17) is 0 Å². The van der Waals surface area contributed by atoms with Crippen LogP contribution < -0.4 is 10.2 Å². The molecule has 2 aliphatic heterocycles. The van der Waals surface area contributed by atoms with Gasteiger partial charge in [-0.1, -0.05) is 6.07 Å². The monoisotopic (exact) mass is 333 g/mol. The van der Waals surface area contributed by atoms with E-state index in [1.807, 2.05) is 0 Å². The Morgan fingerprint density at radius 3 is 2.75 bits per heavy atom. The summed E-state index contributed by atoms with van der Waals surface area (Å²) in [6.45, 7) is 2.72. The Morgan fingerprint density at radius 1 is 1.29 bits per heavy atom. The van der Waals surface area contributed by atoms with Gasteiger partial charge in [0.15, 0.2) is 0 Å². The second-order valence-corrected chi connectivity index (χ2v) is 6.44. The topological polar surface area (TPSA) is 69.7 Å². The van der Waals surface area contributed by atoms with E-state index in [1.54, 1.807) is 19.1 Å². The van der Waals surface area contributed by atoms with E-state index in [0.717, 1.165) is 6.42 Å². The Bertz CT molecular complexity index is 693. The Morgan fingerprint density at radius 2 is 2.08 bits per heavy atom. The minimum absolute atomic E-state index is 0.0990. The van der Waals surface area contributed by atoms with Crippen molar-refractivity contribution in [1.82, 2.24) is 10.2 Å². The number of piperidine rings is 1. The maximum absolute atomic E-state index is 13.3. The predicted molar refractivity (Wildman–Crippen MR) is 85.7 cm³/mol. The van der Waals surface area contributed by atoms with Crippen molar-refractivity contribution in [3.8, 4) is 0 Å². The fourth-order valence-electron chi connectivity index (χ4n) is 3.27. The number of nitrogens with one attached hydrogen (secondary N) is 1. The first-order valence-corrected chi connectivity index (χ1v) is 8.05. The third kappa shape index (κ3) is 2.86. The smallest absolute Gasteiger partial charge is 0.246 e. The number of piperazine rings is 1. The van der Waals surface area contributed by atoms with Gasteiger partial charge in [0.05, 0.1) is 0 Å². The Hall–Kier alpha value is -2.44. The summed E-state index contributed by atoms with van der Waals surface area (Å²) in [5.41, 5.74) is -0.631. The number of benzene rings is 1. The maximum Gasteiger partial charge on any atom is 0.246 e. The normalized spacial score (nSPS) is 24.8. The van der Waals surface area contributed by atoms with Crippen LogP contribution in [-0.2, 0) is 14.4 Å². The molecule has 6 nitrogen and oxygen atoms in total. The van der Waals surface area contributed by atoms with Crippen LogP contribution in [0.5, 0.6) is 0 Å². The van der Waals surface area contributed by atoms with E-state index in [1.165, 1.54) is 21.9 Å². The van der Waals surface area contributed by atoms with Gasteiger partial charge in [-0.2, -0.15) is 0 Å². The Balaban J connectivity index is 1.72. The van der Waals surface area contributed by atoms with E-state index >= 15 is 0 Å². The molecule has 1 unspecified atom stereocenters. The van der Waals surface area contributed by atoms with Crippen LogP contribution in [-0.4, -0.2) is 48.8 Å². The Kier molecular flexibility index (Phi) is 4.26. The highest BCUT2D eigenvalue weighted by atomic mass is 19.1. The van der Waals surface area contributed by atoms with Crippen molar-refractivity contribution in [2.45, 2.75) is 19.8 Å². The number of anilines is 1. The summed E-state index contributed by atoms with van der Waals surface area (Å²) in [4.78, 5) is 40.2. The lowest BCUT2D eigenvalue weighted by molar-refractivity contribution is -0.153. The average Bonchev–Trinajstić information content (AvgIpc) is 2.57. The summed E-state index contributed by atoms with van der Waals surface area (Å²) in [5, 5.41) is 2.72. The lowest BCUT2D eigenvalue weighted by Crippen LogP contribution is -2.59. The standard InChI is InChI=1S/C17H20FN3O3/c1-17(6-3-7-19-15(17)23)16(24)20-8-9-21(14(22)11-20)13-5-2-4-12(18)10-13/h2,4-5,10H,3,6-9,11H2,1H3,(H,19,23). The predicted octanol–water partition coefficient (Wildman–Crippen LogP) is 0.917. The molecule has 128 valence electrons. The molecular weight excluding hydrogens is 313 g/mol. The van der Waals surface area contributed by atoms with Crippen LogP contribution in [0.1, 0.15) is 19.8 Å². The van der Waals surface area contributed by atoms with Gasteiger partial charge in [-0.25, -0.2) is 4.39 Å². The van der Waals surface area contributed by atoms with Gasteiger partial charge in [-0.05, 0) is 38.0 Å². The highest BCUT2D eigenvalue weighted by molar-refractivity contribution is 6.07. The molecule has 0 radical (unpaired) electrons. The molecule has 3 amide bonds. The molecule has 7 heteroatoms. The number of amides is 3. The highest BCUT2D eigenvalue weighted by Crippen LogP contribution is 2.30. The number of carbonyl (C=O) groups is 3. The molecule has 0 bridgehead atoms. The molecule has 24 heavy (non-hydrogen) atoms. The van der Waals surface area contributed by atoms with Crippen molar-refractivity contribution < 1.29 is 18.8 Å². The van der Waals surface area contributed by atoms with E-state index in [-0.39, 0.29) is 30.8 Å². The van der Waals surface area contributed by atoms with Gasteiger partial charge in [0.25, 0.3) is 0 Å². The lowest BCUT2D eigenvalue weighted by atomic mass is 9.80. The molecule has 1 atom stereocenters. The number of halogens is 1. The lowest BCUT2D eigenvalue weighted by Gasteiger charge is -2.40. The number of nitrogens with zero attached hydrogens (tertiary/aromatic N) is 2. The van der Waals surface area contributed by atoms with Gasteiger partial charge in [0.2, 0.25) is 17.7 Å². The summed E-state index contributed by atoms with van der Waals surface area (Å²) < 4.78 is 13.3. The number of rotatable bonds is 2. The SMILES string of the molecule is CC1(C(=O)N2CCN(c3cccc(F)c3)C(=O)C2)CCCNC1=O. The van der Waals surface area contributed by atoms with Crippen LogP contribution in [0.25, 0.3) is 0 Å². The Labute approximate surface area is 139 Å². The highest BCUT2D eigenvalue weighted by Gasteiger charge is 2.46. The van der Waals surface area contributed by atoms with Gasteiger partial charge in [-0.15, -0.1) is 0 Å². The quantitative estimate of drug-likeness (QED) is 0.818. The van der Waals surface area contributed by atoms with Crippen molar-refractivity contribution >= 4 is 23.4 Å². The molecule has 0 spiro atoms. The summed E-state index contributed by atoms with van der Waals surface area (Å²) in [7, 11) is 0. The van der Waals surface area contributed by atoms with Crippen LogP contribution in [0.2, 0.25) is 0 Å². The largest absolute Gasteiger partial charge is 0.355 e. The molecule has 1 aromatic carbocycles. The zero-order valence-electron chi connectivity index (χ0n) is 13.5. The van der Waals surface area contributed by atoms with Crippen LogP contribution in [0, 0.1) is 11.2 Å². The zero-order chi connectivity index (χ0) is 17.3. The van der Waals surface area contributed by atoms with E-state index in [0.29, 0.717) is 25.2 Å². The zero-order valence-corrected chi connectivity index (χ0v) is 13.5. The number of carbonyl (C=O) groups excluding carboxylic acids is 3. The maximum atomic E-state index is 13.3. The van der Waals surface area contributed by atoms with Gasteiger partial charge < -0.3 is 15.1 Å². The third-order valence-electron chi connectivity index (χ3n) is 4.74. The van der Waals surface area contributed by atoms with E-state index < -0.39 is 11.2 Å². The molecule has 0 aliphatic carbocycles. The van der Waals surface area contributed by atoms with Crippen molar-refractivity contribution in [3.63, 3.8) is 0 Å². The van der Waals surface area contributed by atoms with Crippen molar-refractivity contribution in [1.29, 1.82) is 0 Å². The molecule has 1 N–H and O–H groups in total. The van der Waals surface area contributed by atoms with Crippen LogP contribution >= 0.6 is 0 Å². The molecule has 2 fully saturated rings. The molecule has 0 saturated carbocycles. The second kappa shape index (κ2) is 6.22. The van der Waals surface area contributed by atoms with E-state index in [9.17, 15) is 18.8 Å². The molecule has 0 aromatic heterocycles. The summed E-state index contributed by atoms with van der Waals surface area (Å²) in [6, 6.07) is 5.82. The van der Waals surface area contributed by atoms with Crippen molar-refractivity contribution in [3.05, 3.63) is 30.1 Å². The third-order valence-corrected chi connectivity index (χ3v) is 4.74. The molecule has 2 saturated heterocycles. The van der Waals surface area contributed by atoms with Crippen LogP contribution in [0.15, 0.2) is 24.3 Å². The van der Waals surface area contributed by atoms with Crippen LogP contribution in [0.4, 0.5) is 10.1 Å². The van der Waals surface area contributed by atoms with Crippen molar-refractivity contribution in [2.75, 3.05) is 31.1 Å². The summed E-state index contributed by atoms with van der Waals surface area (Å²) >= 11 is 0. The first-order valence-electron chi connectivity index (χ1n) is 8.05. The van der Waals surface area contributed by atoms with E-state index in [2.05, 4.69) is 5.32 Å². The minimum atomic E-state index is -1.11. The molecular formula is C17H20FN3O3. The molecule has 3 rings (SSSR count). The molecule has 2 aliphatic rings. The van der Waals surface area contributed by atoms with Gasteiger partial charge in [0, 0.05) is 25.3 Å². The fraction of sp³-hybridized carbons (Fsp3) is 0.471. The minimum Gasteiger partial charge on any atom is -0.355 e. The second-order valence-electron chi connectivity index (χ2n) is 6.44. The van der Waals surface area contributed by atoms with Crippen molar-refractivity contribution in [2.24, 2.45) is 5.41 Å². The van der Waals surface area contributed by atoms with Crippen LogP contribution in [0.3, 0.4) is 0 Å². The van der Waals surface area contributed by atoms with Gasteiger partial charge in [0.1, 0.15) is 17.8 Å².